The van der Waals surface area contributed by atoms with Crippen molar-refractivity contribution in [2.45, 2.75) is 70.2 Å². The highest BCUT2D eigenvalue weighted by atomic mass is 35.5. The average Bonchev–Trinajstić information content (AvgIpc) is 3.29. The topological polar surface area (TPSA) is 140 Å². The fourth-order valence-electron chi connectivity index (χ4n) is 3.52. The van der Waals surface area contributed by atoms with Gasteiger partial charge in [-0.3, -0.25) is 15.0 Å². The third-order valence-corrected chi connectivity index (χ3v) is 5.26. The van der Waals surface area contributed by atoms with E-state index in [4.69, 9.17) is 20.8 Å². The molecule has 1 unspecified atom stereocenters. The molecule has 196 valence electrons. The van der Waals surface area contributed by atoms with E-state index in [1.54, 1.807) is 20.8 Å². The highest BCUT2D eigenvalue weighted by molar-refractivity contribution is 6.39. The molecule has 1 aliphatic rings. The molecule has 0 radical (unpaired) electrons. The normalized spacial score (nSPS) is 18.3. The number of halogens is 4. The monoisotopic (exact) mass is 532 g/mol. The zero-order valence-corrected chi connectivity index (χ0v) is 20.3. The van der Waals surface area contributed by atoms with Gasteiger partial charge in [-0.1, -0.05) is 18.0 Å². The third kappa shape index (κ3) is 7.29. The fraction of sp³-hybridized carbons (Fsp3) is 0.524. The van der Waals surface area contributed by atoms with E-state index < -0.39 is 47.5 Å². The summed E-state index contributed by atoms with van der Waals surface area (Å²) in [5.41, 5.74) is 1.32. The minimum atomic E-state index is -4.79. The smallest absolute Gasteiger partial charge is 0.442 e. The van der Waals surface area contributed by atoms with Crippen LogP contribution in [0.25, 0.3) is 0 Å². The maximum atomic E-state index is 12.9. The van der Waals surface area contributed by atoms with Gasteiger partial charge in [0.1, 0.15) is 11.4 Å². The van der Waals surface area contributed by atoms with Crippen LogP contribution in [0.1, 0.15) is 64.2 Å². The molecular weight excluding hydrogens is 509 g/mol. The lowest BCUT2D eigenvalue weighted by molar-refractivity contribution is -0.157. The Labute approximate surface area is 208 Å². The summed E-state index contributed by atoms with van der Waals surface area (Å²) < 4.78 is 48.8. The van der Waals surface area contributed by atoms with Gasteiger partial charge in [0.05, 0.1) is 11.1 Å². The number of ether oxygens (including phenoxy) is 1. The molecule has 2 aromatic rings. The molecule has 0 aliphatic heterocycles. The van der Waals surface area contributed by atoms with Crippen molar-refractivity contribution < 1.29 is 36.7 Å². The van der Waals surface area contributed by atoms with E-state index in [9.17, 15) is 27.6 Å². The van der Waals surface area contributed by atoms with E-state index in [0.29, 0.717) is 24.3 Å². The molecule has 0 saturated heterocycles. The van der Waals surface area contributed by atoms with E-state index in [1.807, 2.05) is 0 Å². The average molecular weight is 533 g/mol. The van der Waals surface area contributed by atoms with Crippen molar-refractivity contribution in [1.29, 1.82) is 0 Å². The number of hydrogen-bond acceptors (Lipinski definition) is 8. The molecule has 1 fully saturated rings. The first-order valence-electron chi connectivity index (χ1n) is 10.9. The second kappa shape index (κ2) is 10.7. The first kappa shape index (κ1) is 27.2. The number of nitrogens with zero attached hydrogens (tertiary/aromatic N) is 4. The zero-order chi connectivity index (χ0) is 26.7. The van der Waals surface area contributed by atoms with Crippen LogP contribution in [0.4, 0.5) is 23.8 Å². The number of hydrogen-bond donors (Lipinski definition) is 2. The molecule has 15 heteroatoms. The Morgan fingerprint density at radius 3 is 2.44 bits per heavy atom. The van der Waals surface area contributed by atoms with Crippen LogP contribution in [0.2, 0.25) is 5.02 Å². The second-order valence-corrected chi connectivity index (χ2v) is 9.50. The molecule has 3 rings (SSSR count). The van der Waals surface area contributed by atoms with Gasteiger partial charge in [0.25, 0.3) is 0 Å². The molecule has 36 heavy (non-hydrogen) atoms. The van der Waals surface area contributed by atoms with Crippen molar-refractivity contribution in [3.8, 4) is 0 Å². The van der Waals surface area contributed by atoms with Crippen molar-refractivity contribution in [3.05, 3.63) is 35.1 Å². The highest BCUT2D eigenvalue weighted by Crippen LogP contribution is 2.36. The van der Waals surface area contributed by atoms with Crippen LogP contribution in [0.5, 0.6) is 0 Å². The highest BCUT2D eigenvalue weighted by Gasteiger charge is 2.41. The molecular formula is C21H24ClF3N6O5. The Bertz CT molecular complexity index is 1100. The second-order valence-electron chi connectivity index (χ2n) is 9.07. The Kier molecular flexibility index (Phi) is 8.06. The predicted octanol–water partition coefficient (Wildman–Crippen LogP) is 4.07. The predicted molar refractivity (Wildman–Crippen MR) is 118 cm³/mol. The first-order chi connectivity index (χ1) is 16.7. The number of nitrogens with one attached hydrogen (secondary N) is 2. The van der Waals surface area contributed by atoms with Gasteiger partial charge in [0.15, 0.2) is 0 Å². The number of carbonyl (C=O) groups excluding carboxylic acids is 3. The van der Waals surface area contributed by atoms with E-state index in [0.717, 1.165) is 5.01 Å². The molecule has 2 aromatic heterocycles. The molecule has 1 aliphatic carbocycles. The summed E-state index contributed by atoms with van der Waals surface area (Å²) in [6, 6.07) is 2.11. The number of carbonyl (C=O) groups is 3. The number of amides is 3. The number of alkyl halides is 3. The number of anilines is 1. The van der Waals surface area contributed by atoms with Gasteiger partial charge in [0, 0.05) is 12.1 Å². The molecule has 3 amide bonds. The van der Waals surface area contributed by atoms with Crippen molar-refractivity contribution >= 4 is 35.3 Å². The van der Waals surface area contributed by atoms with E-state index in [1.165, 1.54) is 18.3 Å². The largest absolute Gasteiger partial charge is 0.470 e. The number of hydrazine groups is 1. The van der Waals surface area contributed by atoms with Crippen molar-refractivity contribution in [2.75, 3.05) is 5.32 Å². The Balaban J connectivity index is 1.76. The maximum Gasteiger partial charge on any atom is 0.470 e. The lowest BCUT2D eigenvalue weighted by Gasteiger charge is -2.36. The maximum absolute atomic E-state index is 12.9. The molecule has 2 N–H and O–H groups in total. The molecule has 2 atom stereocenters. The van der Waals surface area contributed by atoms with Crippen molar-refractivity contribution in [2.24, 2.45) is 0 Å². The summed E-state index contributed by atoms with van der Waals surface area (Å²) in [6.45, 7) is 4.85. The van der Waals surface area contributed by atoms with Crippen LogP contribution in [0.15, 0.2) is 22.7 Å². The van der Waals surface area contributed by atoms with Gasteiger partial charge < -0.3 is 14.5 Å². The zero-order valence-electron chi connectivity index (χ0n) is 19.6. The van der Waals surface area contributed by atoms with Crippen molar-refractivity contribution in [3.63, 3.8) is 0 Å². The molecule has 1 saturated carbocycles. The number of pyridine rings is 1. The lowest BCUT2D eigenvalue weighted by Crippen LogP contribution is -2.56. The molecule has 11 nitrogen and oxygen atoms in total. The lowest BCUT2D eigenvalue weighted by atomic mass is 9.85. The van der Waals surface area contributed by atoms with Crippen LogP contribution in [-0.2, 0) is 20.5 Å². The minimum absolute atomic E-state index is 0.0537. The Morgan fingerprint density at radius 1 is 1.14 bits per heavy atom. The summed E-state index contributed by atoms with van der Waals surface area (Å²) in [5, 5.41) is 10.0. The van der Waals surface area contributed by atoms with Gasteiger partial charge in [-0.05, 0) is 52.2 Å². The third-order valence-electron chi connectivity index (χ3n) is 5.03. The summed E-state index contributed by atoms with van der Waals surface area (Å²) >= 11 is 5.75. The first-order valence-corrected chi connectivity index (χ1v) is 11.3. The van der Waals surface area contributed by atoms with Crippen LogP contribution < -0.4 is 10.7 Å². The van der Waals surface area contributed by atoms with Crippen LogP contribution in [-0.4, -0.2) is 49.7 Å². The van der Waals surface area contributed by atoms with Gasteiger partial charge in [-0.15, -0.1) is 10.2 Å². The molecule has 0 bridgehead atoms. The van der Waals surface area contributed by atoms with Gasteiger partial charge in [-0.2, -0.15) is 13.2 Å². The Morgan fingerprint density at radius 2 is 1.86 bits per heavy atom. The van der Waals surface area contributed by atoms with E-state index in [2.05, 4.69) is 25.9 Å². The SMILES string of the molecule is CC(C)(C)OC(=O)N(NC(=O)C(=O)Nc1ccc(Cl)cn1)C1CCC[C@H](c2nnc(C(F)(F)F)o2)C1. The summed E-state index contributed by atoms with van der Waals surface area (Å²) in [4.78, 5) is 41.8. The summed E-state index contributed by atoms with van der Waals surface area (Å²) in [5.74, 6) is -4.55. The van der Waals surface area contributed by atoms with Gasteiger partial charge in [0.2, 0.25) is 5.89 Å². The number of rotatable bonds is 3. The van der Waals surface area contributed by atoms with Crippen LogP contribution in [0, 0.1) is 0 Å². The molecule has 0 spiro atoms. The fourth-order valence-corrected chi connectivity index (χ4v) is 3.63. The standard InChI is InChI=1S/C21H24ClF3N6O5/c1-20(2,3)36-19(34)31(30-16(33)15(32)27-14-8-7-12(22)10-26-14)13-6-4-5-11(9-13)17-28-29-18(35-17)21(23,24)25/h7-8,10-11,13H,4-6,9H2,1-3H3,(H,30,33)(H,26,27,32)/t11-,13?/m0/s1. The van der Waals surface area contributed by atoms with Gasteiger partial charge >= 0.3 is 30.0 Å². The van der Waals surface area contributed by atoms with Gasteiger partial charge in [-0.25, -0.2) is 14.8 Å². The summed E-state index contributed by atoms with van der Waals surface area (Å²) in [6.07, 6.45) is -3.12. The minimum Gasteiger partial charge on any atom is -0.442 e. The van der Waals surface area contributed by atoms with E-state index >= 15 is 0 Å². The Hall–Kier alpha value is -3.42. The summed E-state index contributed by atoms with van der Waals surface area (Å²) in [7, 11) is 0. The molecule has 2 heterocycles. The molecule has 0 aromatic carbocycles. The van der Waals surface area contributed by atoms with Crippen molar-refractivity contribution in [1.82, 2.24) is 25.6 Å². The van der Waals surface area contributed by atoms with E-state index in [-0.39, 0.29) is 18.1 Å². The van der Waals surface area contributed by atoms with Crippen LogP contribution in [0.3, 0.4) is 0 Å². The quantitative estimate of drug-likeness (QED) is 0.445. The number of aromatic nitrogens is 3. The van der Waals surface area contributed by atoms with Crippen LogP contribution >= 0.6 is 11.6 Å².